The van der Waals surface area contributed by atoms with Gasteiger partial charge in [-0.2, -0.15) is 0 Å². The Morgan fingerprint density at radius 3 is 3.00 bits per heavy atom. The van der Waals surface area contributed by atoms with E-state index in [9.17, 15) is 4.79 Å². The van der Waals surface area contributed by atoms with Gasteiger partial charge in [0.05, 0.1) is 11.8 Å². The Morgan fingerprint density at radius 2 is 2.20 bits per heavy atom. The van der Waals surface area contributed by atoms with E-state index < -0.39 is 6.29 Å². The van der Waals surface area contributed by atoms with E-state index >= 15 is 0 Å². The first-order valence-electron chi connectivity index (χ1n) is 5.04. The predicted molar refractivity (Wildman–Crippen MR) is 50.5 cm³/mol. The van der Waals surface area contributed by atoms with Crippen LogP contribution in [-0.4, -0.2) is 26.0 Å². The first kappa shape index (κ1) is 8.97. The van der Waals surface area contributed by atoms with Crippen LogP contribution < -0.4 is 0 Å². The number of rotatable bonds is 2. The molecule has 1 fully saturated rings. The Morgan fingerprint density at radius 1 is 1.33 bits per heavy atom. The van der Waals surface area contributed by atoms with Gasteiger partial charge in [-0.15, -0.1) is 0 Å². The molecule has 0 aromatic heterocycles. The smallest absolute Gasteiger partial charge is 0.316 e. The largest absolute Gasteiger partial charge is 0.456 e. The van der Waals surface area contributed by atoms with Crippen LogP contribution in [0, 0.1) is 17.8 Å². The summed E-state index contributed by atoms with van der Waals surface area (Å²) in [6.45, 7) is 0.435. The van der Waals surface area contributed by atoms with E-state index in [1.165, 1.54) is 0 Å². The minimum Gasteiger partial charge on any atom is -0.456 e. The maximum atomic E-state index is 11.5. The van der Waals surface area contributed by atoms with Crippen LogP contribution in [0.25, 0.3) is 0 Å². The average Bonchev–Trinajstić information content (AvgIpc) is 2.53. The van der Waals surface area contributed by atoms with Gasteiger partial charge in [0.1, 0.15) is 12.4 Å². The van der Waals surface area contributed by atoms with Crippen molar-refractivity contribution in [2.45, 2.75) is 6.29 Å². The fourth-order valence-electron chi connectivity index (χ4n) is 2.47. The Balaban J connectivity index is 1.92. The third-order valence-corrected chi connectivity index (χ3v) is 3.15. The number of hydrogen-bond donors (Lipinski definition) is 0. The van der Waals surface area contributed by atoms with E-state index in [0.717, 1.165) is 5.76 Å². The number of carbonyl (C=O) groups is 1. The molecule has 4 heteroatoms. The number of ether oxygens (including phenoxy) is 3. The van der Waals surface area contributed by atoms with Gasteiger partial charge in [0.15, 0.2) is 0 Å². The molecule has 2 heterocycles. The second kappa shape index (κ2) is 3.10. The van der Waals surface area contributed by atoms with Crippen LogP contribution in [0.5, 0.6) is 0 Å². The fourth-order valence-corrected chi connectivity index (χ4v) is 2.47. The van der Waals surface area contributed by atoms with Crippen molar-refractivity contribution in [2.24, 2.45) is 17.8 Å². The lowest BCUT2D eigenvalue weighted by molar-refractivity contribution is -0.204. The molecule has 0 aromatic carbocycles. The highest BCUT2D eigenvalue weighted by molar-refractivity contribution is 5.77. The number of hydrogen-bond acceptors (Lipinski definition) is 4. The molecule has 4 atom stereocenters. The van der Waals surface area contributed by atoms with Crippen molar-refractivity contribution in [3.05, 3.63) is 24.0 Å². The highest BCUT2D eigenvalue weighted by Gasteiger charge is 2.50. The van der Waals surface area contributed by atoms with Crippen LogP contribution >= 0.6 is 0 Å². The highest BCUT2D eigenvalue weighted by Crippen LogP contribution is 2.44. The molecule has 2 aliphatic heterocycles. The molecule has 0 unspecified atom stereocenters. The Bertz CT molecular complexity index is 358. The molecule has 0 saturated carbocycles. The van der Waals surface area contributed by atoms with Crippen LogP contribution in [0.4, 0.5) is 0 Å². The van der Waals surface area contributed by atoms with Crippen LogP contribution in [0.15, 0.2) is 24.0 Å². The SMILES string of the molecule is COCC1=C[C@H]2[C@@H]3C=C[C@H]2C(=O)O[C@@H]3O1. The van der Waals surface area contributed by atoms with Gasteiger partial charge in [0, 0.05) is 13.0 Å². The standard InChI is InChI=1S/C11H12O4/c1-13-5-6-4-9-7-2-3-8(9)11(14-6)15-10(7)12/h2-4,7-9,11H,5H2,1H3/t7-,8+,9-,11+/m1/s1. The maximum Gasteiger partial charge on any atom is 0.316 e. The van der Waals surface area contributed by atoms with E-state index in [4.69, 9.17) is 14.2 Å². The molecule has 4 bridgehead atoms. The summed E-state index contributed by atoms with van der Waals surface area (Å²) in [6, 6.07) is 0. The maximum absolute atomic E-state index is 11.5. The van der Waals surface area contributed by atoms with Gasteiger partial charge < -0.3 is 14.2 Å². The number of allylic oxidation sites excluding steroid dienone is 1. The minimum atomic E-state index is -0.451. The number of carbonyl (C=O) groups excluding carboxylic acids is 1. The Hall–Kier alpha value is -1.29. The van der Waals surface area contributed by atoms with Crippen LogP contribution in [-0.2, 0) is 19.0 Å². The topological polar surface area (TPSA) is 44.8 Å². The zero-order valence-electron chi connectivity index (χ0n) is 8.38. The van der Waals surface area contributed by atoms with E-state index in [0.29, 0.717) is 6.61 Å². The summed E-state index contributed by atoms with van der Waals surface area (Å²) in [5.74, 6) is 0.859. The molecule has 0 radical (unpaired) electrons. The molecule has 1 saturated heterocycles. The van der Waals surface area contributed by atoms with Gasteiger partial charge in [-0.05, 0) is 6.08 Å². The van der Waals surface area contributed by atoms with Crippen molar-refractivity contribution in [3.8, 4) is 0 Å². The molecule has 1 aliphatic carbocycles. The molecular formula is C11H12O4. The summed E-state index contributed by atoms with van der Waals surface area (Å²) in [4.78, 5) is 11.5. The molecule has 15 heavy (non-hydrogen) atoms. The summed E-state index contributed by atoms with van der Waals surface area (Å²) in [6.07, 6.45) is 5.49. The van der Waals surface area contributed by atoms with Crippen LogP contribution in [0.1, 0.15) is 0 Å². The molecular weight excluding hydrogens is 196 g/mol. The van der Waals surface area contributed by atoms with E-state index in [1.54, 1.807) is 7.11 Å². The van der Waals surface area contributed by atoms with Gasteiger partial charge in [-0.1, -0.05) is 12.2 Å². The third kappa shape index (κ3) is 1.21. The molecule has 0 aromatic rings. The monoisotopic (exact) mass is 208 g/mol. The molecule has 0 spiro atoms. The predicted octanol–water partition coefficient (Wildman–Crippen LogP) is 0.848. The summed E-state index contributed by atoms with van der Waals surface area (Å²) < 4.78 is 15.8. The minimum absolute atomic E-state index is 0.123. The van der Waals surface area contributed by atoms with E-state index in [2.05, 4.69) is 0 Å². The Labute approximate surface area is 87.5 Å². The summed E-state index contributed by atoms with van der Waals surface area (Å²) in [5.41, 5.74) is 0. The lowest BCUT2D eigenvalue weighted by atomic mass is 9.83. The molecule has 4 nitrogen and oxygen atoms in total. The lowest BCUT2D eigenvalue weighted by Gasteiger charge is -2.38. The van der Waals surface area contributed by atoms with Gasteiger partial charge >= 0.3 is 5.97 Å². The fraction of sp³-hybridized carbons (Fsp3) is 0.545. The summed E-state index contributed by atoms with van der Waals surface area (Å²) >= 11 is 0. The third-order valence-electron chi connectivity index (χ3n) is 3.15. The zero-order chi connectivity index (χ0) is 10.4. The molecule has 0 amide bonds. The van der Waals surface area contributed by atoms with Gasteiger partial charge in [0.25, 0.3) is 6.29 Å². The first-order valence-corrected chi connectivity index (χ1v) is 5.04. The van der Waals surface area contributed by atoms with Crippen molar-refractivity contribution in [2.75, 3.05) is 13.7 Å². The van der Waals surface area contributed by atoms with Crippen LogP contribution in [0.2, 0.25) is 0 Å². The van der Waals surface area contributed by atoms with E-state index in [-0.39, 0.29) is 23.7 Å². The second-order valence-electron chi connectivity index (χ2n) is 4.05. The average molecular weight is 208 g/mol. The Kier molecular flexibility index (Phi) is 1.85. The lowest BCUT2D eigenvalue weighted by Crippen LogP contribution is -2.44. The summed E-state index contributed by atoms with van der Waals surface area (Å²) in [5, 5.41) is 0. The quantitative estimate of drug-likeness (QED) is 0.498. The molecule has 80 valence electrons. The normalized spacial score (nSPS) is 40.9. The van der Waals surface area contributed by atoms with Gasteiger partial charge in [-0.3, -0.25) is 4.79 Å². The van der Waals surface area contributed by atoms with Crippen molar-refractivity contribution in [1.82, 2.24) is 0 Å². The summed E-state index contributed by atoms with van der Waals surface area (Å²) in [7, 11) is 1.62. The van der Waals surface area contributed by atoms with Crippen LogP contribution in [0.3, 0.4) is 0 Å². The van der Waals surface area contributed by atoms with Crippen molar-refractivity contribution in [3.63, 3.8) is 0 Å². The van der Waals surface area contributed by atoms with E-state index in [1.807, 2.05) is 18.2 Å². The first-order chi connectivity index (χ1) is 7.29. The molecule has 3 aliphatic rings. The molecule has 3 rings (SSSR count). The van der Waals surface area contributed by atoms with Crippen molar-refractivity contribution in [1.29, 1.82) is 0 Å². The van der Waals surface area contributed by atoms with Crippen molar-refractivity contribution < 1.29 is 19.0 Å². The molecule has 0 N–H and O–H groups in total. The number of esters is 1. The number of methoxy groups -OCH3 is 1. The van der Waals surface area contributed by atoms with Gasteiger partial charge in [0.2, 0.25) is 0 Å². The van der Waals surface area contributed by atoms with Crippen molar-refractivity contribution >= 4 is 5.97 Å². The highest BCUT2D eigenvalue weighted by atomic mass is 16.7. The zero-order valence-corrected chi connectivity index (χ0v) is 8.38. The van der Waals surface area contributed by atoms with Gasteiger partial charge in [-0.25, -0.2) is 0 Å². The second-order valence-corrected chi connectivity index (χ2v) is 4.05.